The van der Waals surface area contributed by atoms with Gasteiger partial charge in [-0.25, -0.2) is 0 Å². The van der Waals surface area contributed by atoms with Gasteiger partial charge >= 0.3 is 0 Å². The van der Waals surface area contributed by atoms with Crippen molar-refractivity contribution in [2.75, 3.05) is 6.54 Å². The minimum atomic E-state index is 0.223. The Morgan fingerprint density at radius 2 is 1.67 bits per heavy atom. The molecule has 1 heteroatoms. The van der Waals surface area contributed by atoms with Crippen molar-refractivity contribution >= 4 is 0 Å². The van der Waals surface area contributed by atoms with E-state index >= 15 is 0 Å². The van der Waals surface area contributed by atoms with Gasteiger partial charge < -0.3 is 5.32 Å². The van der Waals surface area contributed by atoms with E-state index in [1.54, 1.807) is 0 Å². The van der Waals surface area contributed by atoms with Gasteiger partial charge in [0.2, 0.25) is 0 Å². The fourth-order valence-electron chi connectivity index (χ4n) is 2.02. The van der Waals surface area contributed by atoms with E-state index in [1.807, 2.05) is 0 Å². The van der Waals surface area contributed by atoms with Crippen LogP contribution >= 0.6 is 0 Å². The van der Waals surface area contributed by atoms with Gasteiger partial charge in [-0.1, -0.05) is 30.4 Å². The maximum atomic E-state index is 3.49. The Labute approximate surface area is 112 Å². The summed E-state index contributed by atoms with van der Waals surface area (Å²) >= 11 is 0. The van der Waals surface area contributed by atoms with Crippen LogP contribution in [0.5, 0.6) is 0 Å². The molecule has 0 bridgehead atoms. The molecule has 0 aliphatic rings. The van der Waals surface area contributed by atoms with E-state index in [9.17, 15) is 0 Å². The Balaban J connectivity index is 2.37. The minimum Gasteiger partial charge on any atom is -0.312 e. The molecule has 0 fully saturated rings. The van der Waals surface area contributed by atoms with E-state index in [0.717, 1.165) is 19.4 Å². The lowest BCUT2D eigenvalue weighted by Gasteiger charge is -2.19. The summed E-state index contributed by atoms with van der Waals surface area (Å²) in [6.07, 6.45) is 6.72. The molecular formula is C17H27N. The first kappa shape index (κ1) is 15.0. The first-order valence-corrected chi connectivity index (χ1v) is 6.85. The molecule has 0 aromatic heterocycles. The van der Waals surface area contributed by atoms with Crippen LogP contribution in [0.1, 0.15) is 43.9 Å². The highest BCUT2D eigenvalue weighted by Gasteiger charge is 2.06. The second-order valence-corrected chi connectivity index (χ2v) is 6.01. The van der Waals surface area contributed by atoms with E-state index < -0.39 is 0 Å². The van der Waals surface area contributed by atoms with Crippen molar-refractivity contribution in [2.45, 2.75) is 53.0 Å². The van der Waals surface area contributed by atoms with Crippen molar-refractivity contribution in [2.24, 2.45) is 0 Å². The molecule has 0 saturated heterocycles. The van der Waals surface area contributed by atoms with Crippen molar-refractivity contribution in [3.05, 3.63) is 47.0 Å². The van der Waals surface area contributed by atoms with Crippen molar-refractivity contribution in [3.8, 4) is 0 Å². The molecule has 1 aromatic carbocycles. The molecule has 0 saturated carbocycles. The third-order valence-corrected chi connectivity index (χ3v) is 3.10. The van der Waals surface area contributed by atoms with Gasteiger partial charge in [-0.2, -0.15) is 0 Å². The molecule has 0 atom stereocenters. The lowest BCUT2D eigenvalue weighted by Crippen LogP contribution is -2.36. The largest absolute Gasteiger partial charge is 0.312 e. The van der Waals surface area contributed by atoms with Crippen LogP contribution < -0.4 is 5.32 Å². The van der Waals surface area contributed by atoms with Gasteiger partial charge in [-0.05, 0) is 70.7 Å². The normalized spacial score (nSPS) is 12.3. The maximum Gasteiger partial charge on any atom is 0.00966 e. The average molecular weight is 245 g/mol. The Hall–Kier alpha value is -1.08. The topological polar surface area (TPSA) is 12.0 Å². The molecule has 18 heavy (non-hydrogen) atoms. The van der Waals surface area contributed by atoms with Crippen LogP contribution in [-0.2, 0) is 6.42 Å². The predicted octanol–water partition coefficient (Wildman–Crippen LogP) is 4.18. The first-order chi connectivity index (χ1) is 8.40. The van der Waals surface area contributed by atoms with Crippen LogP contribution in [0.3, 0.4) is 0 Å². The number of hydrogen-bond donors (Lipinski definition) is 1. The van der Waals surface area contributed by atoms with E-state index in [-0.39, 0.29) is 5.54 Å². The Morgan fingerprint density at radius 1 is 1.06 bits per heavy atom. The molecule has 1 rings (SSSR count). The van der Waals surface area contributed by atoms with Crippen molar-refractivity contribution in [1.82, 2.24) is 5.32 Å². The fourth-order valence-corrected chi connectivity index (χ4v) is 2.02. The van der Waals surface area contributed by atoms with Crippen LogP contribution in [0.2, 0.25) is 0 Å². The van der Waals surface area contributed by atoms with Gasteiger partial charge in [0.05, 0.1) is 0 Å². The zero-order chi connectivity index (χ0) is 13.6. The van der Waals surface area contributed by atoms with E-state index in [0.29, 0.717) is 0 Å². The molecule has 1 aromatic rings. The number of allylic oxidation sites excluding steroid dienone is 1. The highest BCUT2D eigenvalue weighted by molar-refractivity contribution is 5.34. The van der Waals surface area contributed by atoms with Gasteiger partial charge in [0.15, 0.2) is 0 Å². The molecule has 0 amide bonds. The lowest BCUT2D eigenvalue weighted by molar-refractivity contribution is 0.431. The number of rotatable bonds is 5. The molecule has 1 nitrogen and oxygen atoms in total. The Bertz CT molecular complexity index is 376. The second kappa shape index (κ2) is 6.75. The van der Waals surface area contributed by atoms with Crippen molar-refractivity contribution < 1.29 is 0 Å². The van der Waals surface area contributed by atoms with Gasteiger partial charge in [-0.15, -0.1) is 0 Å². The lowest BCUT2D eigenvalue weighted by atomic mass is 10.00. The van der Waals surface area contributed by atoms with E-state index in [4.69, 9.17) is 0 Å². The first-order valence-electron chi connectivity index (χ1n) is 6.85. The third-order valence-electron chi connectivity index (χ3n) is 3.10. The van der Waals surface area contributed by atoms with Crippen LogP contribution in [0.15, 0.2) is 30.4 Å². The monoisotopic (exact) mass is 245 g/mol. The molecule has 0 aliphatic carbocycles. The van der Waals surface area contributed by atoms with Crippen molar-refractivity contribution in [1.29, 1.82) is 0 Å². The summed E-state index contributed by atoms with van der Waals surface area (Å²) < 4.78 is 0. The number of benzene rings is 1. The summed E-state index contributed by atoms with van der Waals surface area (Å²) in [4.78, 5) is 0. The maximum absolute atomic E-state index is 3.49. The molecular weight excluding hydrogens is 218 g/mol. The van der Waals surface area contributed by atoms with Gasteiger partial charge in [0.1, 0.15) is 0 Å². The zero-order valence-corrected chi connectivity index (χ0v) is 12.5. The molecule has 100 valence electrons. The molecule has 0 heterocycles. The summed E-state index contributed by atoms with van der Waals surface area (Å²) in [6.45, 7) is 12.0. The van der Waals surface area contributed by atoms with E-state index in [2.05, 4.69) is 70.3 Å². The van der Waals surface area contributed by atoms with Gasteiger partial charge in [0, 0.05) is 5.54 Å². The van der Waals surface area contributed by atoms with Crippen molar-refractivity contribution in [3.63, 3.8) is 0 Å². The molecule has 0 unspecified atom stereocenters. The molecule has 0 spiro atoms. The summed E-state index contributed by atoms with van der Waals surface area (Å²) in [5.41, 5.74) is 4.48. The summed E-state index contributed by atoms with van der Waals surface area (Å²) in [6, 6.07) is 6.51. The molecule has 0 aliphatic heterocycles. The molecule has 1 N–H and O–H groups in total. The summed E-state index contributed by atoms with van der Waals surface area (Å²) in [5.74, 6) is 0. The van der Waals surface area contributed by atoms with E-state index in [1.165, 1.54) is 16.7 Å². The SMILES string of the molecule is Cc1cccc(C)c1C/C=C/CCNC(C)(C)C. The number of hydrogen-bond acceptors (Lipinski definition) is 1. The minimum absolute atomic E-state index is 0.223. The van der Waals surface area contributed by atoms with Crippen LogP contribution in [0, 0.1) is 13.8 Å². The van der Waals surface area contributed by atoms with Crippen LogP contribution in [0.25, 0.3) is 0 Å². The van der Waals surface area contributed by atoms with Gasteiger partial charge in [-0.3, -0.25) is 0 Å². The standard InChI is InChI=1S/C17H27N/c1-14-10-9-11-15(2)16(14)12-7-6-8-13-18-17(3,4)5/h6-7,9-11,18H,8,12-13H2,1-5H3/b7-6+. The summed E-state index contributed by atoms with van der Waals surface area (Å²) in [7, 11) is 0. The van der Waals surface area contributed by atoms with Crippen LogP contribution in [0.4, 0.5) is 0 Å². The second-order valence-electron chi connectivity index (χ2n) is 6.01. The Kier molecular flexibility index (Phi) is 5.61. The highest BCUT2D eigenvalue weighted by Crippen LogP contribution is 2.14. The predicted molar refractivity (Wildman–Crippen MR) is 81.1 cm³/mol. The highest BCUT2D eigenvalue weighted by atomic mass is 14.9. The average Bonchev–Trinajstić information content (AvgIpc) is 2.25. The smallest absolute Gasteiger partial charge is 0.00966 e. The quantitative estimate of drug-likeness (QED) is 0.606. The third kappa shape index (κ3) is 5.50. The zero-order valence-electron chi connectivity index (χ0n) is 12.5. The summed E-state index contributed by atoms with van der Waals surface area (Å²) in [5, 5.41) is 3.49. The fraction of sp³-hybridized carbons (Fsp3) is 0.529. The molecule has 0 radical (unpaired) electrons. The number of nitrogens with one attached hydrogen (secondary N) is 1. The van der Waals surface area contributed by atoms with Gasteiger partial charge in [0.25, 0.3) is 0 Å². The van der Waals surface area contributed by atoms with Crippen LogP contribution in [-0.4, -0.2) is 12.1 Å². The number of aryl methyl sites for hydroxylation is 2. The Morgan fingerprint density at radius 3 is 2.22 bits per heavy atom.